The molecule has 0 aliphatic heterocycles. The van der Waals surface area contributed by atoms with Gasteiger partial charge in [-0.05, 0) is 20.3 Å². The summed E-state index contributed by atoms with van der Waals surface area (Å²) in [5, 5.41) is 19.0. The minimum Gasteiger partial charge on any atom is -0.339 e. The normalized spacial score (nSPS) is 10.9. The Morgan fingerprint density at radius 3 is 2.75 bits per heavy atom. The lowest BCUT2D eigenvalue weighted by Gasteiger charge is -1.98. The molecular formula is C12H17N5O3. The van der Waals surface area contributed by atoms with Crippen LogP contribution in [0.25, 0.3) is 0 Å². The van der Waals surface area contributed by atoms with Gasteiger partial charge in [0.15, 0.2) is 5.82 Å². The summed E-state index contributed by atoms with van der Waals surface area (Å²) >= 11 is 0. The summed E-state index contributed by atoms with van der Waals surface area (Å²) in [5.41, 5.74) is 0.925. The van der Waals surface area contributed by atoms with Gasteiger partial charge in [-0.3, -0.25) is 14.8 Å². The second kappa shape index (κ2) is 5.81. The van der Waals surface area contributed by atoms with E-state index in [4.69, 9.17) is 4.52 Å². The molecule has 2 rings (SSSR count). The molecule has 2 heterocycles. The van der Waals surface area contributed by atoms with Crippen LogP contribution < -0.4 is 0 Å². The molecule has 0 aromatic carbocycles. The fraction of sp³-hybridized carbons (Fsp3) is 0.583. The highest BCUT2D eigenvalue weighted by Gasteiger charge is 2.22. The first kappa shape index (κ1) is 14.2. The van der Waals surface area contributed by atoms with Gasteiger partial charge in [0.05, 0.1) is 4.92 Å². The molecule has 0 fully saturated rings. The largest absolute Gasteiger partial charge is 0.339 e. The lowest BCUT2D eigenvalue weighted by atomic mass is 10.2. The van der Waals surface area contributed by atoms with Crippen molar-refractivity contribution in [2.75, 3.05) is 0 Å². The molecule has 0 atom stereocenters. The zero-order valence-electron chi connectivity index (χ0n) is 11.8. The first-order chi connectivity index (χ1) is 9.52. The molecule has 0 amide bonds. The third-order valence-corrected chi connectivity index (χ3v) is 3.07. The van der Waals surface area contributed by atoms with E-state index >= 15 is 0 Å². The maximum Gasteiger partial charge on any atom is 0.312 e. The molecule has 0 saturated heterocycles. The van der Waals surface area contributed by atoms with Crippen LogP contribution in [0.3, 0.4) is 0 Å². The molecule has 8 nitrogen and oxygen atoms in total. The monoisotopic (exact) mass is 279 g/mol. The maximum absolute atomic E-state index is 10.9. The summed E-state index contributed by atoms with van der Waals surface area (Å²) in [6.45, 7) is 5.64. The molecule has 2 aromatic heterocycles. The highest BCUT2D eigenvalue weighted by Crippen LogP contribution is 2.22. The van der Waals surface area contributed by atoms with Gasteiger partial charge >= 0.3 is 5.69 Å². The predicted molar refractivity (Wildman–Crippen MR) is 70.4 cm³/mol. The molecular weight excluding hydrogens is 262 g/mol. The van der Waals surface area contributed by atoms with Gasteiger partial charge < -0.3 is 4.52 Å². The Bertz CT molecular complexity index is 617. The van der Waals surface area contributed by atoms with E-state index in [1.807, 2.05) is 0 Å². The third kappa shape index (κ3) is 2.84. The molecule has 0 aliphatic carbocycles. The molecule has 0 spiro atoms. The Kier molecular flexibility index (Phi) is 4.11. The topological polar surface area (TPSA) is 99.9 Å². The quantitative estimate of drug-likeness (QED) is 0.593. The Hall–Kier alpha value is -2.25. The number of hydrogen-bond donors (Lipinski definition) is 0. The summed E-state index contributed by atoms with van der Waals surface area (Å²) in [5.74, 6) is 1.08. The lowest BCUT2D eigenvalue weighted by molar-refractivity contribution is -0.386. The fourth-order valence-electron chi connectivity index (χ4n) is 2.02. The summed E-state index contributed by atoms with van der Waals surface area (Å²) in [4.78, 5) is 14.8. The fourth-order valence-corrected chi connectivity index (χ4v) is 2.02. The molecule has 0 radical (unpaired) electrons. The van der Waals surface area contributed by atoms with Gasteiger partial charge in [0.25, 0.3) is 0 Å². The SMILES string of the molecule is CCCCc1nc(Cn2nc(C)c([N+](=O)[O-])c2C)no1. The van der Waals surface area contributed by atoms with E-state index in [0.29, 0.717) is 23.1 Å². The van der Waals surface area contributed by atoms with Crippen molar-refractivity contribution < 1.29 is 9.45 Å². The van der Waals surface area contributed by atoms with Gasteiger partial charge in [0, 0.05) is 6.42 Å². The standard InChI is InChI=1S/C12H17N5O3/c1-4-5-6-11-13-10(15-20-11)7-16-9(3)12(17(18)19)8(2)14-16/h4-7H2,1-3H3. The van der Waals surface area contributed by atoms with Crippen LogP contribution >= 0.6 is 0 Å². The van der Waals surface area contributed by atoms with Gasteiger partial charge in [-0.15, -0.1) is 0 Å². The molecule has 0 unspecified atom stereocenters. The third-order valence-electron chi connectivity index (χ3n) is 3.07. The summed E-state index contributed by atoms with van der Waals surface area (Å²) in [6.07, 6.45) is 2.80. The van der Waals surface area contributed by atoms with Gasteiger partial charge in [-0.2, -0.15) is 10.1 Å². The second-order valence-corrected chi connectivity index (χ2v) is 4.64. The van der Waals surface area contributed by atoms with Gasteiger partial charge in [0.2, 0.25) is 5.89 Å². The van der Waals surface area contributed by atoms with Crippen LogP contribution in [0.2, 0.25) is 0 Å². The van der Waals surface area contributed by atoms with E-state index in [0.717, 1.165) is 19.3 Å². The molecule has 0 bridgehead atoms. The number of aromatic nitrogens is 4. The number of hydrogen-bond acceptors (Lipinski definition) is 6. The number of rotatable bonds is 6. The van der Waals surface area contributed by atoms with E-state index in [9.17, 15) is 10.1 Å². The minimum atomic E-state index is -0.420. The number of aryl methyl sites for hydroxylation is 2. The van der Waals surface area contributed by atoms with Crippen LogP contribution in [0.1, 0.15) is 42.9 Å². The first-order valence-corrected chi connectivity index (χ1v) is 6.52. The van der Waals surface area contributed by atoms with Crippen molar-refractivity contribution in [1.82, 2.24) is 19.9 Å². The van der Waals surface area contributed by atoms with Gasteiger partial charge in [0.1, 0.15) is 17.9 Å². The zero-order valence-corrected chi connectivity index (χ0v) is 11.8. The predicted octanol–water partition coefficient (Wildman–Crippen LogP) is 2.18. The van der Waals surface area contributed by atoms with Gasteiger partial charge in [-0.25, -0.2) is 0 Å². The number of nitro groups is 1. The van der Waals surface area contributed by atoms with Crippen LogP contribution in [0, 0.1) is 24.0 Å². The van der Waals surface area contributed by atoms with Crippen molar-refractivity contribution in [3.05, 3.63) is 33.2 Å². The molecule has 8 heteroatoms. The maximum atomic E-state index is 10.9. The summed E-state index contributed by atoms with van der Waals surface area (Å²) < 4.78 is 6.66. The Labute approximate surface area is 115 Å². The van der Waals surface area contributed by atoms with E-state index in [1.54, 1.807) is 13.8 Å². The van der Waals surface area contributed by atoms with Crippen molar-refractivity contribution in [2.24, 2.45) is 0 Å². The van der Waals surface area contributed by atoms with Crippen LogP contribution in [-0.2, 0) is 13.0 Å². The Morgan fingerprint density at radius 1 is 1.40 bits per heavy atom. The van der Waals surface area contributed by atoms with Crippen LogP contribution in [-0.4, -0.2) is 24.8 Å². The molecule has 20 heavy (non-hydrogen) atoms. The number of nitrogens with zero attached hydrogens (tertiary/aromatic N) is 5. The van der Waals surface area contributed by atoms with Crippen molar-refractivity contribution in [3.8, 4) is 0 Å². The average Bonchev–Trinajstić information content (AvgIpc) is 2.93. The van der Waals surface area contributed by atoms with Gasteiger partial charge in [-0.1, -0.05) is 18.5 Å². The highest BCUT2D eigenvalue weighted by molar-refractivity contribution is 5.39. The van der Waals surface area contributed by atoms with Crippen molar-refractivity contribution in [2.45, 2.75) is 46.6 Å². The first-order valence-electron chi connectivity index (χ1n) is 6.52. The Morgan fingerprint density at radius 2 is 2.15 bits per heavy atom. The minimum absolute atomic E-state index is 0.0414. The smallest absolute Gasteiger partial charge is 0.312 e. The number of unbranched alkanes of at least 4 members (excludes halogenated alkanes) is 1. The zero-order chi connectivity index (χ0) is 14.7. The highest BCUT2D eigenvalue weighted by atomic mass is 16.6. The summed E-state index contributed by atoms with van der Waals surface area (Å²) in [6, 6.07) is 0. The van der Waals surface area contributed by atoms with E-state index in [2.05, 4.69) is 22.2 Å². The molecule has 0 saturated carbocycles. The van der Waals surface area contributed by atoms with Crippen molar-refractivity contribution >= 4 is 5.69 Å². The Balaban J connectivity index is 2.16. The van der Waals surface area contributed by atoms with E-state index in [1.165, 1.54) is 4.68 Å². The lowest BCUT2D eigenvalue weighted by Crippen LogP contribution is -2.06. The second-order valence-electron chi connectivity index (χ2n) is 4.64. The summed E-state index contributed by atoms with van der Waals surface area (Å²) in [7, 11) is 0. The van der Waals surface area contributed by atoms with Crippen molar-refractivity contribution in [1.29, 1.82) is 0 Å². The molecule has 0 aliphatic rings. The van der Waals surface area contributed by atoms with Crippen LogP contribution in [0.15, 0.2) is 4.52 Å². The molecule has 108 valence electrons. The van der Waals surface area contributed by atoms with E-state index in [-0.39, 0.29) is 12.2 Å². The van der Waals surface area contributed by atoms with Crippen LogP contribution in [0.5, 0.6) is 0 Å². The van der Waals surface area contributed by atoms with Crippen molar-refractivity contribution in [3.63, 3.8) is 0 Å². The molecule has 2 aromatic rings. The van der Waals surface area contributed by atoms with Crippen LogP contribution in [0.4, 0.5) is 5.69 Å². The average molecular weight is 279 g/mol. The van der Waals surface area contributed by atoms with E-state index < -0.39 is 4.92 Å². The molecule has 0 N–H and O–H groups in total.